The summed E-state index contributed by atoms with van der Waals surface area (Å²) in [5.74, 6) is 1.41. The zero-order valence-electron chi connectivity index (χ0n) is 36.3. The molecular formula is C53H69N4O-. The molecule has 0 amide bonds. The number of nitriles is 1. The highest BCUT2D eigenvalue weighted by molar-refractivity contribution is 6.15. The van der Waals surface area contributed by atoms with Crippen LogP contribution in [0.4, 0.5) is 11.4 Å². The first-order valence-electron chi connectivity index (χ1n) is 22.9. The van der Waals surface area contributed by atoms with E-state index in [0.717, 1.165) is 59.6 Å². The van der Waals surface area contributed by atoms with E-state index in [1.807, 2.05) is 12.2 Å². The van der Waals surface area contributed by atoms with Crippen LogP contribution in [0.25, 0.3) is 16.6 Å². The fraction of sp³-hybridized carbons (Fsp3) is 0.509. The number of rotatable bonds is 25. The third-order valence-corrected chi connectivity index (χ3v) is 12.2. The summed E-state index contributed by atoms with van der Waals surface area (Å²) in [6.45, 7) is 10.7. The van der Waals surface area contributed by atoms with Crippen molar-refractivity contribution in [2.45, 2.75) is 156 Å². The lowest BCUT2D eigenvalue weighted by Gasteiger charge is -2.32. The molecule has 5 nitrogen and oxygen atoms in total. The smallest absolute Gasteiger partial charge is 0.174 e. The molecule has 308 valence electrons. The average Bonchev–Trinajstić information content (AvgIpc) is 3.23. The first-order valence-corrected chi connectivity index (χ1v) is 22.9. The van der Waals surface area contributed by atoms with Crippen LogP contribution in [0.15, 0.2) is 89.8 Å². The SMILES string of the molecule is CCCCCCCCCCCCN1C=C/C(=C\C2=C(C(=C=[N-])C#N)C(/C=C3\C=CN(CCCCCCCCCCCC)c4cc(C)ccc43)C2=O)c2ccc(C)cc21. The maximum absolute atomic E-state index is 14.1. The maximum atomic E-state index is 14.1. The van der Waals surface area contributed by atoms with Gasteiger partial charge in [-0.2, -0.15) is 5.26 Å². The highest BCUT2D eigenvalue weighted by Crippen LogP contribution is 2.44. The molecule has 2 aliphatic heterocycles. The summed E-state index contributed by atoms with van der Waals surface area (Å²) in [4.78, 5) is 18.8. The molecule has 0 saturated heterocycles. The normalized spacial score (nSPS) is 17.1. The molecule has 0 aromatic heterocycles. The molecule has 2 heterocycles. The van der Waals surface area contributed by atoms with Gasteiger partial charge in [0.25, 0.3) is 0 Å². The predicted octanol–water partition coefficient (Wildman–Crippen LogP) is 14.5. The summed E-state index contributed by atoms with van der Waals surface area (Å²) in [5.41, 5.74) is 9.70. The van der Waals surface area contributed by atoms with Gasteiger partial charge in [-0.1, -0.05) is 160 Å². The van der Waals surface area contributed by atoms with Crippen LogP contribution in [0, 0.1) is 31.1 Å². The Hall–Kier alpha value is -4.65. The minimum absolute atomic E-state index is 0.00584. The number of unbranched alkanes of at least 4 members (excludes halogenated alkanes) is 18. The van der Waals surface area contributed by atoms with Crippen molar-refractivity contribution >= 4 is 34.2 Å². The van der Waals surface area contributed by atoms with Crippen LogP contribution in [0.5, 0.6) is 0 Å². The quantitative estimate of drug-likeness (QED) is 0.0572. The number of anilines is 2. The molecule has 0 saturated carbocycles. The molecule has 5 heteroatoms. The number of Topliss-reactive ketones (excluding diaryl/α,β-unsaturated/α-hetero) is 1. The maximum Gasteiger partial charge on any atom is 0.174 e. The minimum Gasteiger partial charge on any atom is -0.762 e. The molecule has 0 fully saturated rings. The summed E-state index contributed by atoms with van der Waals surface area (Å²) >= 11 is 0. The molecule has 58 heavy (non-hydrogen) atoms. The molecule has 1 unspecified atom stereocenters. The van der Waals surface area contributed by atoms with Crippen LogP contribution in [-0.4, -0.2) is 24.7 Å². The Morgan fingerprint density at radius 3 is 1.53 bits per heavy atom. The van der Waals surface area contributed by atoms with Crippen molar-refractivity contribution < 1.29 is 4.79 Å². The number of hydrogen-bond acceptors (Lipinski definition) is 4. The molecule has 0 bridgehead atoms. The third-order valence-electron chi connectivity index (χ3n) is 12.2. The zero-order valence-corrected chi connectivity index (χ0v) is 36.3. The molecule has 3 aliphatic rings. The molecule has 2 aromatic carbocycles. The van der Waals surface area contributed by atoms with Crippen molar-refractivity contribution in [3.8, 4) is 6.07 Å². The Bertz CT molecular complexity index is 1940. The summed E-state index contributed by atoms with van der Waals surface area (Å²) in [6.07, 6.45) is 38.5. The number of aryl methyl sites for hydroxylation is 2. The Morgan fingerprint density at radius 1 is 0.655 bits per heavy atom. The fourth-order valence-corrected chi connectivity index (χ4v) is 8.73. The van der Waals surface area contributed by atoms with Crippen molar-refractivity contribution in [2.24, 2.45) is 5.92 Å². The Balaban J connectivity index is 1.28. The van der Waals surface area contributed by atoms with Crippen molar-refractivity contribution in [3.63, 3.8) is 0 Å². The van der Waals surface area contributed by atoms with Crippen LogP contribution >= 0.6 is 0 Å². The van der Waals surface area contributed by atoms with E-state index in [-0.39, 0.29) is 11.4 Å². The number of carbonyl (C=O) groups excluding carboxylic acids is 1. The van der Waals surface area contributed by atoms with E-state index in [1.165, 1.54) is 127 Å². The highest BCUT2D eigenvalue weighted by atomic mass is 16.1. The van der Waals surface area contributed by atoms with Gasteiger partial charge in [0, 0.05) is 59.1 Å². The van der Waals surface area contributed by atoms with Crippen LogP contribution < -0.4 is 9.80 Å². The zero-order chi connectivity index (χ0) is 41.1. The number of carbonyl (C=O) groups is 1. The molecule has 1 aliphatic carbocycles. The van der Waals surface area contributed by atoms with Gasteiger partial charge >= 0.3 is 0 Å². The molecule has 0 radical (unpaired) electrons. The van der Waals surface area contributed by atoms with Gasteiger partial charge in [0.15, 0.2) is 5.78 Å². The van der Waals surface area contributed by atoms with Gasteiger partial charge in [-0.05, 0) is 79.3 Å². The Kier molecular flexibility index (Phi) is 18.1. The van der Waals surface area contributed by atoms with Crippen molar-refractivity contribution in [1.29, 1.82) is 5.26 Å². The standard InChI is InChI=1S/C53H69N4O/c1-5-7-9-11-13-15-17-19-21-23-31-56-33-29-43(46-27-25-41(3)35-50(46)56)37-48-52(45(39-54)40-55)49(53(48)58)38-44-30-34-57(51-36-42(4)26-28-47(44)51)32-24-22-20-18-16-14-12-10-8-6-2/h25-30,33-38,48H,5-24,31-32H2,1-4H3/q-1/b43-37+,44-38+. The van der Waals surface area contributed by atoms with Crippen molar-refractivity contribution in [2.75, 3.05) is 22.9 Å². The van der Waals surface area contributed by atoms with Crippen molar-refractivity contribution in [3.05, 3.63) is 117 Å². The van der Waals surface area contributed by atoms with Crippen molar-refractivity contribution in [1.82, 2.24) is 0 Å². The van der Waals surface area contributed by atoms with E-state index in [0.29, 0.717) is 11.1 Å². The summed E-state index contributed by atoms with van der Waals surface area (Å²) in [6, 6.07) is 15.1. The van der Waals surface area contributed by atoms with Crippen LogP contribution in [0.2, 0.25) is 0 Å². The first-order chi connectivity index (χ1) is 28.4. The monoisotopic (exact) mass is 778 g/mol. The summed E-state index contributed by atoms with van der Waals surface area (Å²) in [7, 11) is 0. The largest absolute Gasteiger partial charge is 0.762 e. The average molecular weight is 778 g/mol. The van der Waals surface area contributed by atoms with E-state index in [1.54, 1.807) is 0 Å². The second-order valence-corrected chi connectivity index (χ2v) is 16.9. The van der Waals surface area contributed by atoms with Gasteiger partial charge < -0.3 is 15.2 Å². The fourth-order valence-electron chi connectivity index (χ4n) is 8.73. The lowest BCUT2D eigenvalue weighted by Crippen LogP contribution is -2.31. The van der Waals surface area contributed by atoms with Crippen LogP contribution in [0.3, 0.4) is 0 Å². The van der Waals surface area contributed by atoms with Gasteiger partial charge in [0.1, 0.15) is 6.07 Å². The van der Waals surface area contributed by atoms with E-state index < -0.39 is 5.92 Å². The second kappa shape index (κ2) is 23.7. The minimum atomic E-state index is -0.652. The first kappa shape index (κ1) is 44.5. The number of fused-ring (bicyclic) bond motifs is 2. The van der Waals surface area contributed by atoms with E-state index >= 15 is 0 Å². The third kappa shape index (κ3) is 12.2. The van der Waals surface area contributed by atoms with E-state index in [9.17, 15) is 15.5 Å². The Morgan fingerprint density at radius 2 is 1.09 bits per heavy atom. The van der Waals surface area contributed by atoms with E-state index in [4.69, 9.17) is 0 Å². The number of ketones is 1. The summed E-state index contributed by atoms with van der Waals surface area (Å²) in [5, 5.41) is 20.2. The highest BCUT2D eigenvalue weighted by Gasteiger charge is 2.39. The molecular weight excluding hydrogens is 709 g/mol. The lowest BCUT2D eigenvalue weighted by molar-refractivity contribution is -0.118. The van der Waals surface area contributed by atoms with E-state index in [2.05, 4.69) is 110 Å². The van der Waals surface area contributed by atoms with Crippen LogP contribution in [-0.2, 0) is 4.79 Å². The molecule has 2 aromatic rings. The number of nitrogens with zero attached hydrogens (tertiary/aromatic N) is 4. The molecule has 0 spiro atoms. The number of allylic oxidation sites excluding steroid dienone is 9. The van der Waals surface area contributed by atoms with Gasteiger partial charge in [-0.25, -0.2) is 0 Å². The topological polar surface area (TPSA) is 69.6 Å². The predicted molar refractivity (Wildman–Crippen MR) is 248 cm³/mol. The molecule has 1 atom stereocenters. The lowest BCUT2D eigenvalue weighted by atomic mass is 9.71. The van der Waals surface area contributed by atoms with Gasteiger partial charge in [-0.3, -0.25) is 10.7 Å². The van der Waals surface area contributed by atoms with Gasteiger partial charge in [0.05, 0.1) is 11.5 Å². The Labute approximate surface area is 351 Å². The van der Waals surface area contributed by atoms with Gasteiger partial charge in [-0.15, -0.1) is 0 Å². The molecule has 0 N–H and O–H groups in total. The second-order valence-electron chi connectivity index (χ2n) is 16.9. The number of benzene rings is 2. The number of hydrogen-bond donors (Lipinski definition) is 0. The van der Waals surface area contributed by atoms with Crippen LogP contribution in [0.1, 0.15) is 165 Å². The van der Waals surface area contributed by atoms with Gasteiger partial charge in [0.2, 0.25) is 0 Å². The summed E-state index contributed by atoms with van der Waals surface area (Å²) < 4.78 is 0. The molecule has 5 rings (SSSR count).